The first-order valence-corrected chi connectivity index (χ1v) is 7.30. The van der Waals surface area contributed by atoms with Crippen molar-refractivity contribution in [1.29, 1.82) is 0 Å². The molecule has 0 amide bonds. The molecule has 6 heteroatoms. The second-order valence-corrected chi connectivity index (χ2v) is 5.55. The molecule has 2 fully saturated rings. The highest BCUT2D eigenvalue weighted by molar-refractivity contribution is 5.85. The van der Waals surface area contributed by atoms with Crippen molar-refractivity contribution in [2.45, 2.75) is 76.0 Å². The van der Waals surface area contributed by atoms with Crippen molar-refractivity contribution in [2.24, 2.45) is 5.73 Å². The fourth-order valence-corrected chi connectivity index (χ4v) is 2.76. The summed E-state index contributed by atoms with van der Waals surface area (Å²) in [6.45, 7) is 0. The van der Waals surface area contributed by atoms with E-state index in [-0.39, 0.29) is 37.0 Å². The maximum absolute atomic E-state index is 11.7. The van der Waals surface area contributed by atoms with Gasteiger partial charge < -0.3 is 15.2 Å². The average Bonchev–Trinajstić information content (AvgIpc) is 3.01. The third-order valence-corrected chi connectivity index (χ3v) is 3.87. The number of hydrogen-bond donors (Lipinski definition) is 1. The van der Waals surface area contributed by atoms with Crippen LogP contribution in [0.1, 0.15) is 57.8 Å². The molecule has 0 radical (unpaired) electrons. The summed E-state index contributed by atoms with van der Waals surface area (Å²) in [4.78, 5) is 23.4. The maximum atomic E-state index is 11.7. The smallest absolute Gasteiger partial charge is 0.323 e. The van der Waals surface area contributed by atoms with E-state index in [1.165, 1.54) is 0 Å². The third kappa shape index (κ3) is 5.29. The van der Waals surface area contributed by atoms with Crippen LogP contribution < -0.4 is 5.73 Å². The zero-order chi connectivity index (χ0) is 13.7. The third-order valence-electron chi connectivity index (χ3n) is 3.87. The van der Waals surface area contributed by atoms with E-state index in [1.54, 1.807) is 0 Å². The average molecular weight is 306 g/mol. The molecule has 2 aliphatic rings. The topological polar surface area (TPSA) is 78.6 Å². The summed E-state index contributed by atoms with van der Waals surface area (Å²) < 4.78 is 10.5. The summed E-state index contributed by atoms with van der Waals surface area (Å²) in [7, 11) is 0. The summed E-state index contributed by atoms with van der Waals surface area (Å²) in [5.41, 5.74) is 5.70. The first-order valence-electron chi connectivity index (χ1n) is 7.30. The van der Waals surface area contributed by atoms with Gasteiger partial charge in [-0.05, 0) is 51.4 Å². The van der Waals surface area contributed by atoms with Crippen molar-refractivity contribution in [1.82, 2.24) is 0 Å². The number of esters is 2. The summed E-state index contributed by atoms with van der Waals surface area (Å²) in [6.07, 6.45) is 7.99. The SMILES string of the molecule is Cl.N[C@@H](CC(=O)OC1CCCC1)C(=O)OC1CCCC1. The summed E-state index contributed by atoms with van der Waals surface area (Å²) >= 11 is 0. The summed E-state index contributed by atoms with van der Waals surface area (Å²) in [5.74, 6) is -0.863. The van der Waals surface area contributed by atoms with Crippen LogP contribution >= 0.6 is 12.4 Å². The monoisotopic (exact) mass is 305 g/mol. The molecule has 0 aromatic rings. The van der Waals surface area contributed by atoms with E-state index in [1.807, 2.05) is 0 Å². The van der Waals surface area contributed by atoms with Gasteiger partial charge in [-0.3, -0.25) is 9.59 Å². The standard InChI is InChI=1S/C14H23NO4.ClH/c15-12(14(17)19-11-7-3-4-8-11)9-13(16)18-10-5-1-2-6-10;/h10-12H,1-9,15H2;1H/t12-;/m0./s1. The van der Waals surface area contributed by atoms with Crippen LogP contribution in [0.25, 0.3) is 0 Å². The van der Waals surface area contributed by atoms with Gasteiger partial charge in [0, 0.05) is 0 Å². The minimum Gasteiger partial charge on any atom is -0.462 e. The van der Waals surface area contributed by atoms with Gasteiger partial charge >= 0.3 is 11.9 Å². The van der Waals surface area contributed by atoms with Crippen LogP contribution in [0.4, 0.5) is 0 Å². The Morgan fingerprint density at radius 2 is 1.40 bits per heavy atom. The second-order valence-electron chi connectivity index (χ2n) is 5.55. The van der Waals surface area contributed by atoms with Crippen molar-refractivity contribution < 1.29 is 19.1 Å². The van der Waals surface area contributed by atoms with Crippen LogP contribution in [0.5, 0.6) is 0 Å². The van der Waals surface area contributed by atoms with Gasteiger partial charge in [0.2, 0.25) is 0 Å². The molecule has 1 atom stereocenters. The molecule has 2 saturated carbocycles. The highest BCUT2D eigenvalue weighted by atomic mass is 35.5. The predicted molar refractivity (Wildman–Crippen MR) is 76.5 cm³/mol. The zero-order valence-electron chi connectivity index (χ0n) is 11.7. The van der Waals surface area contributed by atoms with Crippen LogP contribution in [0.15, 0.2) is 0 Å². The second kappa shape index (κ2) is 8.47. The normalized spacial score (nSPS) is 21.2. The minimum absolute atomic E-state index is 0. The minimum atomic E-state index is -0.894. The number of ether oxygens (including phenoxy) is 2. The lowest BCUT2D eigenvalue weighted by atomic mass is 10.2. The highest BCUT2D eigenvalue weighted by Gasteiger charge is 2.26. The molecule has 0 aliphatic heterocycles. The Kier molecular flexibility index (Phi) is 7.30. The molecule has 0 heterocycles. The van der Waals surface area contributed by atoms with Crippen LogP contribution in [0, 0.1) is 0 Å². The fraction of sp³-hybridized carbons (Fsp3) is 0.857. The molecule has 0 saturated heterocycles. The Labute approximate surface area is 126 Å². The molecule has 0 spiro atoms. The van der Waals surface area contributed by atoms with E-state index >= 15 is 0 Å². The van der Waals surface area contributed by atoms with E-state index in [9.17, 15) is 9.59 Å². The van der Waals surface area contributed by atoms with Crippen molar-refractivity contribution in [2.75, 3.05) is 0 Å². The van der Waals surface area contributed by atoms with E-state index in [2.05, 4.69) is 0 Å². The molecule has 0 aromatic carbocycles. The molecule has 116 valence electrons. The fourth-order valence-electron chi connectivity index (χ4n) is 2.76. The lowest BCUT2D eigenvalue weighted by Crippen LogP contribution is -2.37. The zero-order valence-corrected chi connectivity index (χ0v) is 12.5. The Bertz CT molecular complexity index is 325. The predicted octanol–water partition coefficient (Wildman–Crippen LogP) is 2.10. The van der Waals surface area contributed by atoms with Crippen LogP contribution in [0.3, 0.4) is 0 Å². The van der Waals surface area contributed by atoms with Gasteiger partial charge in [0.15, 0.2) is 0 Å². The van der Waals surface area contributed by atoms with Gasteiger partial charge in [-0.1, -0.05) is 0 Å². The van der Waals surface area contributed by atoms with Crippen LogP contribution in [0.2, 0.25) is 0 Å². The maximum Gasteiger partial charge on any atom is 0.323 e. The first kappa shape index (κ1) is 17.2. The highest BCUT2D eigenvalue weighted by Crippen LogP contribution is 2.22. The van der Waals surface area contributed by atoms with E-state index < -0.39 is 12.0 Å². The van der Waals surface area contributed by atoms with Gasteiger partial charge in [0.05, 0.1) is 6.42 Å². The lowest BCUT2D eigenvalue weighted by molar-refractivity contribution is -0.157. The molecular formula is C14H24ClNO4. The molecule has 0 unspecified atom stereocenters. The molecule has 2 rings (SSSR count). The number of carbonyl (C=O) groups is 2. The van der Waals surface area contributed by atoms with Crippen molar-refractivity contribution in [3.05, 3.63) is 0 Å². The Hall–Kier alpha value is -0.810. The lowest BCUT2D eigenvalue weighted by Gasteiger charge is -2.16. The number of hydrogen-bond acceptors (Lipinski definition) is 5. The first-order chi connectivity index (χ1) is 9.15. The summed E-state index contributed by atoms with van der Waals surface area (Å²) in [6, 6.07) is -0.894. The van der Waals surface area contributed by atoms with Gasteiger partial charge in [-0.15, -0.1) is 12.4 Å². The molecular weight excluding hydrogens is 282 g/mol. The molecule has 2 aliphatic carbocycles. The van der Waals surface area contributed by atoms with Crippen LogP contribution in [-0.2, 0) is 19.1 Å². The van der Waals surface area contributed by atoms with E-state index in [0.29, 0.717) is 0 Å². The van der Waals surface area contributed by atoms with Crippen molar-refractivity contribution in [3.63, 3.8) is 0 Å². The number of rotatable bonds is 5. The molecule has 20 heavy (non-hydrogen) atoms. The van der Waals surface area contributed by atoms with Gasteiger partial charge in [-0.2, -0.15) is 0 Å². The van der Waals surface area contributed by atoms with E-state index in [0.717, 1.165) is 51.4 Å². The number of carbonyl (C=O) groups excluding carboxylic acids is 2. The van der Waals surface area contributed by atoms with Crippen molar-refractivity contribution in [3.8, 4) is 0 Å². The molecule has 0 aromatic heterocycles. The Balaban J connectivity index is 0.00000200. The summed E-state index contributed by atoms with van der Waals surface area (Å²) in [5, 5.41) is 0. The van der Waals surface area contributed by atoms with Gasteiger partial charge in [0.25, 0.3) is 0 Å². The molecule has 5 nitrogen and oxygen atoms in total. The number of nitrogens with two attached hydrogens (primary N) is 1. The van der Waals surface area contributed by atoms with E-state index in [4.69, 9.17) is 15.2 Å². The number of halogens is 1. The van der Waals surface area contributed by atoms with Crippen molar-refractivity contribution >= 4 is 24.3 Å². The van der Waals surface area contributed by atoms with Gasteiger partial charge in [0.1, 0.15) is 18.2 Å². The Morgan fingerprint density at radius 3 is 1.90 bits per heavy atom. The van der Waals surface area contributed by atoms with Crippen LogP contribution in [-0.4, -0.2) is 30.2 Å². The Morgan fingerprint density at radius 1 is 0.950 bits per heavy atom. The van der Waals surface area contributed by atoms with Gasteiger partial charge in [-0.25, -0.2) is 0 Å². The quantitative estimate of drug-likeness (QED) is 0.787. The molecule has 0 bridgehead atoms. The molecule has 2 N–H and O–H groups in total. The largest absolute Gasteiger partial charge is 0.462 e.